The molecule has 0 unspecified atom stereocenters. The van der Waals surface area contributed by atoms with Gasteiger partial charge in [-0.1, -0.05) is 48.5 Å². The van der Waals surface area contributed by atoms with Gasteiger partial charge in [-0.3, -0.25) is 14.2 Å². The maximum atomic E-state index is 13.4. The van der Waals surface area contributed by atoms with Crippen LogP contribution in [0.15, 0.2) is 77.2 Å². The average Bonchev–Trinajstić information content (AvgIpc) is 3.30. The first kappa shape index (κ1) is 20.8. The predicted octanol–water partition coefficient (Wildman–Crippen LogP) is 5.80. The van der Waals surface area contributed by atoms with E-state index in [4.69, 9.17) is 0 Å². The highest BCUT2D eigenvalue weighted by atomic mass is 32.1. The van der Waals surface area contributed by atoms with Crippen LogP contribution in [0, 0.1) is 0 Å². The minimum Gasteiger partial charge on any atom is -0.325 e. The number of benzene rings is 3. The van der Waals surface area contributed by atoms with E-state index in [9.17, 15) is 9.59 Å². The molecule has 0 aliphatic heterocycles. The highest BCUT2D eigenvalue weighted by Crippen LogP contribution is 2.33. The number of carbonyl (C=O) groups excluding carboxylic acids is 1. The lowest BCUT2D eigenvalue weighted by Crippen LogP contribution is -2.27. The lowest BCUT2D eigenvalue weighted by atomic mass is 9.89. The minimum atomic E-state index is -0.260. The Hall–Kier alpha value is -3.77. The van der Waals surface area contributed by atoms with Gasteiger partial charge in [0.1, 0.15) is 11.4 Å². The Bertz CT molecular complexity index is 1620. The van der Waals surface area contributed by atoms with Gasteiger partial charge in [0, 0.05) is 16.6 Å². The van der Waals surface area contributed by atoms with Gasteiger partial charge in [-0.05, 0) is 65.3 Å². The molecule has 0 spiro atoms. The van der Waals surface area contributed by atoms with Crippen LogP contribution in [-0.2, 0) is 24.2 Å². The zero-order valence-corrected chi connectivity index (χ0v) is 19.4. The zero-order chi connectivity index (χ0) is 23.1. The van der Waals surface area contributed by atoms with Crippen LogP contribution in [0.5, 0.6) is 0 Å². The average molecular weight is 466 g/mol. The van der Waals surface area contributed by atoms with Crippen LogP contribution in [0.25, 0.3) is 32.1 Å². The number of aryl methyl sites for hydroxylation is 2. The van der Waals surface area contributed by atoms with Crippen molar-refractivity contribution in [3.8, 4) is 11.1 Å². The summed E-state index contributed by atoms with van der Waals surface area (Å²) >= 11 is 1.47. The van der Waals surface area contributed by atoms with Crippen LogP contribution < -0.4 is 10.9 Å². The van der Waals surface area contributed by atoms with Crippen molar-refractivity contribution in [3.63, 3.8) is 0 Å². The third kappa shape index (κ3) is 3.80. The Kier molecular flexibility index (Phi) is 5.23. The molecule has 5 nitrogen and oxygen atoms in total. The molecule has 5 aromatic rings. The van der Waals surface area contributed by atoms with Crippen molar-refractivity contribution < 1.29 is 4.79 Å². The normalized spacial score (nSPS) is 13.2. The molecular weight excluding hydrogens is 442 g/mol. The smallest absolute Gasteiger partial charge is 0.263 e. The molecule has 6 heteroatoms. The van der Waals surface area contributed by atoms with E-state index in [1.165, 1.54) is 46.2 Å². The summed E-state index contributed by atoms with van der Waals surface area (Å²) in [6.45, 7) is -0.0892. The number of hydrogen-bond donors (Lipinski definition) is 1. The lowest BCUT2D eigenvalue weighted by Gasteiger charge is -2.16. The number of carbonyl (C=O) groups is 1. The van der Waals surface area contributed by atoms with E-state index in [1.807, 2.05) is 47.8 Å². The SMILES string of the molecule is O=C(Cn1cnc2scc(-c3ccc4c(c3)CCCC4)c2c1=O)Nc1ccc2ccccc2c1. The summed E-state index contributed by atoms with van der Waals surface area (Å²) in [4.78, 5) is 31.3. The third-order valence-corrected chi connectivity index (χ3v) is 7.45. The van der Waals surface area contributed by atoms with E-state index in [-0.39, 0.29) is 18.0 Å². The van der Waals surface area contributed by atoms with E-state index in [1.54, 1.807) is 0 Å². The largest absolute Gasteiger partial charge is 0.325 e. The summed E-state index contributed by atoms with van der Waals surface area (Å²) in [5.74, 6) is -0.260. The molecule has 2 heterocycles. The predicted molar refractivity (Wildman–Crippen MR) is 139 cm³/mol. The van der Waals surface area contributed by atoms with Crippen molar-refractivity contribution in [2.24, 2.45) is 0 Å². The van der Waals surface area contributed by atoms with Crippen LogP contribution in [-0.4, -0.2) is 15.5 Å². The Morgan fingerprint density at radius 1 is 0.971 bits per heavy atom. The number of nitrogens with zero attached hydrogens (tertiary/aromatic N) is 2. The van der Waals surface area contributed by atoms with Gasteiger partial charge in [-0.25, -0.2) is 4.98 Å². The highest BCUT2D eigenvalue weighted by Gasteiger charge is 2.17. The molecule has 1 N–H and O–H groups in total. The standard InChI is InChI=1S/C28H23N3O2S/c32-25(30-23-12-11-19-6-2-4-8-21(19)14-23)15-31-17-29-27-26(28(31)33)24(16-34-27)22-10-9-18-5-1-3-7-20(18)13-22/h2,4,6,8-14,16-17H,1,3,5,7,15H2,(H,30,32). The van der Waals surface area contributed by atoms with Gasteiger partial charge in [-0.2, -0.15) is 0 Å². The molecule has 0 fully saturated rings. The lowest BCUT2D eigenvalue weighted by molar-refractivity contribution is -0.116. The summed E-state index contributed by atoms with van der Waals surface area (Å²) in [6.07, 6.45) is 6.13. The molecule has 0 saturated carbocycles. The number of rotatable bonds is 4. The van der Waals surface area contributed by atoms with E-state index in [2.05, 4.69) is 28.5 Å². The quantitative estimate of drug-likeness (QED) is 0.365. The first-order valence-corrected chi connectivity index (χ1v) is 12.4. The number of aromatic nitrogens is 2. The first-order chi connectivity index (χ1) is 16.7. The van der Waals surface area contributed by atoms with Gasteiger partial charge < -0.3 is 5.32 Å². The fourth-order valence-corrected chi connectivity index (χ4v) is 5.72. The first-order valence-electron chi connectivity index (χ1n) is 11.5. The molecule has 6 rings (SSSR count). The summed E-state index contributed by atoms with van der Waals surface area (Å²) < 4.78 is 1.40. The van der Waals surface area contributed by atoms with Crippen molar-refractivity contribution in [2.75, 3.05) is 5.32 Å². The number of anilines is 1. The summed E-state index contributed by atoms with van der Waals surface area (Å²) in [5.41, 5.74) is 5.25. The molecule has 2 aromatic heterocycles. The maximum absolute atomic E-state index is 13.4. The Labute approximate surface area is 200 Å². The van der Waals surface area contributed by atoms with Crippen molar-refractivity contribution in [3.05, 3.63) is 93.9 Å². The van der Waals surface area contributed by atoms with E-state index in [0.29, 0.717) is 15.9 Å². The number of nitrogens with one attached hydrogen (secondary N) is 1. The Morgan fingerprint density at radius 2 is 1.79 bits per heavy atom. The van der Waals surface area contributed by atoms with Gasteiger partial charge >= 0.3 is 0 Å². The number of hydrogen-bond acceptors (Lipinski definition) is 4. The molecule has 1 aliphatic rings. The molecule has 0 saturated heterocycles. The summed E-state index contributed by atoms with van der Waals surface area (Å²) in [7, 11) is 0. The molecule has 3 aromatic carbocycles. The van der Waals surface area contributed by atoms with E-state index >= 15 is 0 Å². The van der Waals surface area contributed by atoms with Gasteiger partial charge in [-0.15, -0.1) is 11.3 Å². The van der Waals surface area contributed by atoms with Crippen molar-refractivity contribution in [1.82, 2.24) is 9.55 Å². The Balaban J connectivity index is 1.30. The van der Waals surface area contributed by atoms with Crippen LogP contribution in [0.3, 0.4) is 0 Å². The molecule has 0 bridgehead atoms. The maximum Gasteiger partial charge on any atom is 0.263 e. The van der Waals surface area contributed by atoms with Crippen LogP contribution in [0.2, 0.25) is 0 Å². The monoisotopic (exact) mass is 465 g/mol. The van der Waals surface area contributed by atoms with E-state index < -0.39 is 0 Å². The van der Waals surface area contributed by atoms with Crippen molar-refractivity contribution in [2.45, 2.75) is 32.2 Å². The van der Waals surface area contributed by atoms with Gasteiger partial charge in [0.25, 0.3) is 5.56 Å². The van der Waals surface area contributed by atoms with E-state index in [0.717, 1.165) is 34.7 Å². The molecular formula is C28H23N3O2S. The molecule has 0 atom stereocenters. The van der Waals surface area contributed by atoms with Crippen LogP contribution >= 0.6 is 11.3 Å². The number of thiophene rings is 1. The zero-order valence-electron chi connectivity index (χ0n) is 18.6. The summed E-state index contributed by atoms with van der Waals surface area (Å²) in [5, 5.41) is 7.66. The third-order valence-electron chi connectivity index (χ3n) is 6.57. The molecule has 1 amide bonds. The van der Waals surface area contributed by atoms with Crippen LogP contribution in [0.1, 0.15) is 24.0 Å². The van der Waals surface area contributed by atoms with Gasteiger partial charge in [0.05, 0.1) is 11.7 Å². The van der Waals surface area contributed by atoms with Crippen LogP contribution in [0.4, 0.5) is 5.69 Å². The topological polar surface area (TPSA) is 64.0 Å². The van der Waals surface area contributed by atoms with Gasteiger partial charge in [0.2, 0.25) is 5.91 Å². The second kappa shape index (κ2) is 8.54. The second-order valence-electron chi connectivity index (χ2n) is 8.81. The van der Waals surface area contributed by atoms with Crippen molar-refractivity contribution >= 4 is 43.9 Å². The molecule has 34 heavy (non-hydrogen) atoms. The molecule has 168 valence electrons. The number of fused-ring (bicyclic) bond motifs is 3. The fraction of sp³-hybridized carbons (Fsp3) is 0.179. The van der Waals surface area contributed by atoms with Crippen molar-refractivity contribution in [1.29, 1.82) is 0 Å². The molecule has 0 radical (unpaired) electrons. The molecule has 1 aliphatic carbocycles. The van der Waals surface area contributed by atoms with Gasteiger partial charge in [0.15, 0.2) is 0 Å². The highest BCUT2D eigenvalue weighted by molar-refractivity contribution is 7.17. The minimum absolute atomic E-state index is 0.0892. The second-order valence-corrected chi connectivity index (χ2v) is 9.67. The number of amides is 1. The Morgan fingerprint density at radius 3 is 2.68 bits per heavy atom. The fourth-order valence-electron chi connectivity index (χ4n) is 4.82. The summed E-state index contributed by atoms with van der Waals surface area (Å²) in [6, 6.07) is 20.3.